The van der Waals surface area contributed by atoms with Gasteiger partial charge in [-0.1, -0.05) is 36.2 Å². The van der Waals surface area contributed by atoms with E-state index in [1.807, 2.05) is 31.2 Å². The van der Waals surface area contributed by atoms with Gasteiger partial charge in [0.25, 0.3) is 0 Å². The molecular weight excluding hydrogens is 346 g/mol. The second-order valence-electron chi connectivity index (χ2n) is 8.08. The normalized spacial score (nSPS) is 21.3. The fourth-order valence-electron chi connectivity index (χ4n) is 3.55. The number of ether oxygens (including phenoxy) is 2. The van der Waals surface area contributed by atoms with Gasteiger partial charge in [-0.2, -0.15) is 0 Å². The van der Waals surface area contributed by atoms with Gasteiger partial charge in [0.2, 0.25) is 0 Å². The minimum absolute atomic E-state index is 0.206. The Hall–Kier alpha value is -2.37. The molecule has 1 saturated carbocycles. The van der Waals surface area contributed by atoms with Gasteiger partial charge in [-0.25, -0.2) is 4.79 Å². The van der Waals surface area contributed by atoms with Crippen LogP contribution in [0.5, 0.6) is 0 Å². The first-order valence-electron chi connectivity index (χ1n) is 9.28. The van der Waals surface area contributed by atoms with Gasteiger partial charge in [0.15, 0.2) is 11.2 Å². The van der Waals surface area contributed by atoms with Crippen molar-refractivity contribution in [3.05, 3.63) is 35.4 Å². The van der Waals surface area contributed by atoms with Gasteiger partial charge in [0.05, 0.1) is 13.2 Å². The molecule has 0 bridgehead atoms. The lowest BCUT2D eigenvalue weighted by Gasteiger charge is -2.40. The molecule has 6 nitrogen and oxygen atoms in total. The lowest BCUT2D eigenvalue weighted by Crippen LogP contribution is -2.53. The first-order valence-corrected chi connectivity index (χ1v) is 9.28. The number of nitrogens with one attached hydrogen (secondary N) is 1. The third kappa shape index (κ3) is 4.67. The Balaban J connectivity index is 2.51. The Bertz CT molecular complexity index is 694. The lowest BCUT2D eigenvalue weighted by atomic mass is 9.66. The summed E-state index contributed by atoms with van der Waals surface area (Å²) in [6, 6.07) is 6.57. The standard InChI is InChI=1S/C21H29NO5/c1-14-9-11-15(12-10-14)17(22-19(25)27-20(2,3)4)21(18(24)26-5)13-7-6-8-16(21)23/h9-12,17H,6-8,13H2,1-5H3,(H,22,25). The molecule has 2 rings (SSSR count). The van der Waals surface area contributed by atoms with E-state index in [4.69, 9.17) is 9.47 Å². The van der Waals surface area contributed by atoms with Gasteiger partial charge in [0.1, 0.15) is 5.60 Å². The molecule has 2 unspecified atom stereocenters. The highest BCUT2D eigenvalue weighted by molar-refractivity contribution is 6.05. The van der Waals surface area contributed by atoms with Gasteiger partial charge >= 0.3 is 12.1 Å². The smallest absolute Gasteiger partial charge is 0.408 e. The van der Waals surface area contributed by atoms with E-state index in [2.05, 4.69) is 5.32 Å². The number of benzene rings is 1. The highest BCUT2D eigenvalue weighted by Crippen LogP contribution is 2.45. The fraction of sp³-hybridized carbons (Fsp3) is 0.571. The van der Waals surface area contributed by atoms with E-state index in [-0.39, 0.29) is 12.2 Å². The van der Waals surface area contributed by atoms with Crippen molar-refractivity contribution in [1.29, 1.82) is 0 Å². The molecule has 1 aromatic rings. The lowest BCUT2D eigenvalue weighted by molar-refractivity contribution is -0.162. The predicted molar refractivity (Wildman–Crippen MR) is 101 cm³/mol. The van der Waals surface area contributed by atoms with Gasteiger partial charge in [0, 0.05) is 6.42 Å². The van der Waals surface area contributed by atoms with Crippen LogP contribution in [0.25, 0.3) is 0 Å². The predicted octanol–water partition coefficient (Wildman–Crippen LogP) is 3.86. The zero-order chi connectivity index (χ0) is 20.2. The van der Waals surface area contributed by atoms with Crippen LogP contribution < -0.4 is 5.32 Å². The summed E-state index contributed by atoms with van der Waals surface area (Å²) in [5, 5.41) is 2.78. The van der Waals surface area contributed by atoms with Crippen molar-refractivity contribution in [1.82, 2.24) is 5.32 Å². The molecule has 0 spiro atoms. The molecule has 6 heteroatoms. The van der Waals surface area contributed by atoms with Crippen molar-refractivity contribution >= 4 is 17.8 Å². The number of amides is 1. The molecule has 2 atom stereocenters. The zero-order valence-corrected chi connectivity index (χ0v) is 16.8. The number of rotatable bonds is 4. The van der Waals surface area contributed by atoms with E-state index in [9.17, 15) is 14.4 Å². The van der Waals surface area contributed by atoms with Crippen molar-refractivity contribution < 1.29 is 23.9 Å². The summed E-state index contributed by atoms with van der Waals surface area (Å²) in [4.78, 5) is 38.3. The third-order valence-corrected chi connectivity index (χ3v) is 4.84. The van der Waals surface area contributed by atoms with Crippen LogP contribution in [0.1, 0.15) is 63.6 Å². The van der Waals surface area contributed by atoms with Crippen LogP contribution in [0, 0.1) is 12.3 Å². The van der Waals surface area contributed by atoms with E-state index in [0.29, 0.717) is 18.4 Å². The number of esters is 1. The number of alkyl carbamates (subject to hydrolysis) is 1. The molecule has 148 valence electrons. The maximum Gasteiger partial charge on any atom is 0.408 e. The van der Waals surface area contributed by atoms with E-state index >= 15 is 0 Å². The number of ketones is 1. The van der Waals surface area contributed by atoms with Crippen LogP contribution >= 0.6 is 0 Å². The summed E-state index contributed by atoms with van der Waals surface area (Å²) in [7, 11) is 1.27. The molecule has 0 aromatic heterocycles. The molecule has 0 radical (unpaired) electrons. The fourth-order valence-corrected chi connectivity index (χ4v) is 3.55. The minimum atomic E-state index is -1.45. The van der Waals surface area contributed by atoms with Crippen LogP contribution in [-0.4, -0.2) is 30.6 Å². The number of carbonyl (C=O) groups is 3. The molecule has 1 fully saturated rings. The SMILES string of the molecule is COC(=O)C1(C(NC(=O)OC(C)(C)C)c2ccc(C)cc2)CCCCC1=O. The van der Waals surface area contributed by atoms with Crippen molar-refractivity contribution in [2.45, 2.75) is 65.0 Å². The van der Waals surface area contributed by atoms with Gasteiger partial charge < -0.3 is 14.8 Å². The highest BCUT2D eigenvalue weighted by atomic mass is 16.6. The van der Waals surface area contributed by atoms with Crippen LogP contribution in [0.4, 0.5) is 4.79 Å². The van der Waals surface area contributed by atoms with E-state index < -0.39 is 29.1 Å². The average Bonchev–Trinajstić information content (AvgIpc) is 2.59. The van der Waals surface area contributed by atoms with Crippen LogP contribution in [0.15, 0.2) is 24.3 Å². The number of carbonyl (C=O) groups excluding carboxylic acids is 3. The Kier molecular flexibility index (Phi) is 6.29. The molecule has 1 N–H and O–H groups in total. The highest BCUT2D eigenvalue weighted by Gasteiger charge is 2.55. The van der Waals surface area contributed by atoms with Crippen molar-refractivity contribution in [3.8, 4) is 0 Å². The minimum Gasteiger partial charge on any atom is -0.468 e. The summed E-state index contributed by atoms with van der Waals surface area (Å²) >= 11 is 0. The Morgan fingerprint density at radius 1 is 1.15 bits per heavy atom. The van der Waals surface area contributed by atoms with Crippen molar-refractivity contribution in [2.75, 3.05) is 7.11 Å². The average molecular weight is 375 g/mol. The molecule has 0 saturated heterocycles. The second kappa shape index (κ2) is 8.11. The first-order chi connectivity index (χ1) is 12.6. The quantitative estimate of drug-likeness (QED) is 0.638. The van der Waals surface area contributed by atoms with Gasteiger partial charge in [-0.3, -0.25) is 9.59 Å². The molecule has 1 amide bonds. The number of hydrogen-bond donors (Lipinski definition) is 1. The third-order valence-electron chi connectivity index (χ3n) is 4.84. The second-order valence-corrected chi connectivity index (χ2v) is 8.08. The number of hydrogen-bond acceptors (Lipinski definition) is 5. The molecule has 1 aliphatic carbocycles. The maximum atomic E-state index is 13.0. The van der Waals surface area contributed by atoms with E-state index in [1.165, 1.54) is 7.11 Å². The summed E-state index contributed by atoms with van der Waals surface area (Å²) in [6.45, 7) is 7.22. The molecule has 1 aliphatic rings. The van der Waals surface area contributed by atoms with E-state index in [1.54, 1.807) is 20.8 Å². The monoisotopic (exact) mass is 375 g/mol. The Morgan fingerprint density at radius 3 is 2.30 bits per heavy atom. The molecule has 1 aromatic carbocycles. The Morgan fingerprint density at radius 2 is 1.78 bits per heavy atom. The number of Topliss-reactive ketones (excluding diaryl/α,β-unsaturated/α-hetero) is 1. The summed E-state index contributed by atoms with van der Waals surface area (Å²) in [5.41, 5.74) is -0.431. The van der Waals surface area contributed by atoms with Crippen molar-refractivity contribution in [2.24, 2.45) is 5.41 Å². The zero-order valence-electron chi connectivity index (χ0n) is 16.8. The largest absolute Gasteiger partial charge is 0.468 e. The molecule has 27 heavy (non-hydrogen) atoms. The van der Waals surface area contributed by atoms with Crippen LogP contribution in [0.2, 0.25) is 0 Å². The van der Waals surface area contributed by atoms with Crippen LogP contribution in [0.3, 0.4) is 0 Å². The Labute approximate surface area is 160 Å². The van der Waals surface area contributed by atoms with Gasteiger partial charge in [-0.15, -0.1) is 0 Å². The van der Waals surface area contributed by atoms with Crippen molar-refractivity contribution in [3.63, 3.8) is 0 Å². The van der Waals surface area contributed by atoms with E-state index in [0.717, 1.165) is 12.0 Å². The maximum absolute atomic E-state index is 13.0. The topological polar surface area (TPSA) is 81.7 Å². The number of aryl methyl sites for hydroxylation is 1. The van der Waals surface area contributed by atoms with Crippen LogP contribution in [-0.2, 0) is 19.1 Å². The molecule has 0 heterocycles. The summed E-state index contributed by atoms with van der Waals surface area (Å²) < 4.78 is 10.4. The summed E-state index contributed by atoms with van der Waals surface area (Å²) in [6.07, 6.45) is 1.37. The molecule has 0 aliphatic heterocycles. The first kappa shape index (κ1) is 20.9. The summed E-state index contributed by atoms with van der Waals surface area (Å²) in [5.74, 6) is -0.823. The molecular formula is C21H29NO5. The van der Waals surface area contributed by atoms with Gasteiger partial charge in [-0.05, 0) is 46.1 Å². The number of methoxy groups -OCH3 is 1.